The van der Waals surface area contributed by atoms with Gasteiger partial charge in [0.15, 0.2) is 0 Å². The fourth-order valence-electron chi connectivity index (χ4n) is 1.86. The van der Waals surface area contributed by atoms with E-state index in [1.54, 1.807) is 18.2 Å². The molecule has 0 aliphatic rings. The molecule has 0 aromatic heterocycles. The summed E-state index contributed by atoms with van der Waals surface area (Å²) in [5.74, 6) is -0.286. The number of rotatable bonds is 2. The molecule has 0 bridgehead atoms. The van der Waals surface area contributed by atoms with Crippen molar-refractivity contribution >= 4 is 27.5 Å². The summed E-state index contributed by atoms with van der Waals surface area (Å²) in [7, 11) is 0. The van der Waals surface area contributed by atoms with Gasteiger partial charge in [-0.25, -0.2) is 0 Å². The van der Waals surface area contributed by atoms with E-state index in [1.165, 1.54) is 6.07 Å². The van der Waals surface area contributed by atoms with Crippen molar-refractivity contribution in [2.75, 3.05) is 0 Å². The van der Waals surface area contributed by atoms with Gasteiger partial charge in [0.05, 0.1) is 4.47 Å². The van der Waals surface area contributed by atoms with Crippen molar-refractivity contribution < 1.29 is 17.9 Å². The predicted octanol–water partition coefficient (Wildman–Crippen LogP) is 5.98. The minimum absolute atomic E-state index is 0.214. The summed E-state index contributed by atoms with van der Waals surface area (Å²) >= 11 is 9.21. The molecule has 0 N–H and O–H groups in total. The van der Waals surface area contributed by atoms with Gasteiger partial charge in [0, 0.05) is 10.6 Å². The van der Waals surface area contributed by atoms with Crippen LogP contribution in [0.25, 0.3) is 11.1 Å². The topological polar surface area (TPSA) is 9.23 Å². The highest BCUT2D eigenvalue weighted by atomic mass is 79.9. The second kappa shape index (κ2) is 5.66. The van der Waals surface area contributed by atoms with Crippen LogP contribution < -0.4 is 4.74 Å². The third-order valence-electron chi connectivity index (χ3n) is 2.67. The molecule has 0 saturated carbocycles. The Bertz CT molecular complexity index is 621. The summed E-state index contributed by atoms with van der Waals surface area (Å²) < 4.78 is 40.7. The molecule has 106 valence electrons. The van der Waals surface area contributed by atoms with Crippen LogP contribution in [-0.4, -0.2) is 6.36 Å². The lowest BCUT2D eigenvalue weighted by Gasteiger charge is -2.13. The van der Waals surface area contributed by atoms with Crippen molar-refractivity contribution in [3.05, 3.63) is 51.5 Å². The van der Waals surface area contributed by atoms with Crippen LogP contribution >= 0.6 is 27.5 Å². The van der Waals surface area contributed by atoms with E-state index in [-0.39, 0.29) is 10.2 Å². The highest BCUT2D eigenvalue weighted by Gasteiger charge is 2.32. The van der Waals surface area contributed by atoms with Crippen LogP contribution in [-0.2, 0) is 0 Å². The van der Waals surface area contributed by atoms with Crippen molar-refractivity contribution in [1.82, 2.24) is 0 Å². The molecule has 0 radical (unpaired) electrons. The largest absolute Gasteiger partial charge is 0.573 e. The van der Waals surface area contributed by atoms with Crippen molar-refractivity contribution in [3.8, 4) is 16.9 Å². The molecule has 2 rings (SSSR count). The smallest absolute Gasteiger partial charge is 0.405 e. The Kier molecular flexibility index (Phi) is 4.30. The molecule has 0 heterocycles. The van der Waals surface area contributed by atoms with E-state index in [2.05, 4.69) is 20.7 Å². The van der Waals surface area contributed by atoms with Crippen LogP contribution in [0, 0.1) is 6.92 Å². The highest BCUT2D eigenvalue weighted by molar-refractivity contribution is 9.10. The maximum atomic E-state index is 12.2. The molecule has 2 aromatic carbocycles. The number of hydrogen-bond donors (Lipinski definition) is 0. The Hall–Kier alpha value is -1.20. The van der Waals surface area contributed by atoms with Gasteiger partial charge in [0.1, 0.15) is 5.75 Å². The number of halogens is 5. The van der Waals surface area contributed by atoms with Crippen molar-refractivity contribution in [2.24, 2.45) is 0 Å². The molecular formula is C14H9BrClF3O. The lowest BCUT2D eigenvalue weighted by molar-refractivity contribution is -0.274. The molecule has 0 fully saturated rings. The highest BCUT2D eigenvalue weighted by Crippen LogP contribution is 2.37. The summed E-state index contributed by atoms with van der Waals surface area (Å²) in [4.78, 5) is 0. The maximum absolute atomic E-state index is 12.2. The lowest BCUT2D eigenvalue weighted by atomic mass is 10.0. The van der Waals surface area contributed by atoms with E-state index < -0.39 is 6.36 Å². The first-order chi connectivity index (χ1) is 9.28. The molecule has 0 aliphatic heterocycles. The Labute approximate surface area is 127 Å². The number of alkyl halides is 3. The normalized spacial score (nSPS) is 11.5. The molecule has 0 atom stereocenters. The van der Waals surface area contributed by atoms with E-state index >= 15 is 0 Å². The van der Waals surface area contributed by atoms with E-state index in [0.29, 0.717) is 5.02 Å². The minimum atomic E-state index is -4.72. The quantitative estimate of drug-likeness (QED) is 0.636. The fraction of sp³-hybridized carbons (Fsp3) is 0.143. The zero-order valence-corrected chi connectivity index (χ0v) is 12.6. The number of hydrogen-bond acceptors (Lipinski definition) is 1. The first-order valence-corrected chi connectivity index (χ1v) is 6.76. The monoisotopic (exact) mass is 364 g/mol. The first-order valence-electron chi connectivity index (χ1n) is 5.59. The van der Waals surface area contributed by atoms with Crippen LogP contribution in [0.2, 0.25) is 5.02 Å². The van der Waals surface area contributed by atoms with Gasteiger partial charge in [-0.3, -0.25) is 0 Å². The summed E-state index contributed by atoms with van der Waals surface area (Å²) in [6, 6.07) is 9.79. The van der Waals surface area contributed by atoms with Gasteiger partial charge in [-0.05, 0) is 52.2 Å². The second-order valence-corrected chi connectivity index (χ2v) is 5.39. The van der Waals surface area contributed by atoms with Gasteiger partial charge in [0.2, 0.25) is 0 Å². The van der Waals surface area contributed by atoms with Gasteiger partial charge in [-0.15, -0.1) is 13.2 Å². The molecule has 0 unspecified atom stereocenters. The van der Waals surface area contributed by atoms with E-state index in [1.807, 2.05) is 19.1 Å². The third kappa shape index (κ3) is 3.46. The molecule has 0 saturated heterocycles. The zero-order chi connectivity index (χ0) is 14.9. The third-order valence-corrected chi connectivity index (χ3v) is 3.60. The predicted molar refractivity (Wildman–Crippen MR) is 76.0 cm³/mol. The summed E-state index contributed by atoms with van der Waals surface area (Å²) in [6.07, 6.45) is -4.72. The average molecular weight is 366 g/mol. The SMILES string of the molecule is Cc1cccc(Cl)c1-c1ccc(OC(F)(F)F)c(Br)c1. The molecule has 0 spiro atoms. The van der Waals surface area contributed by atoms with Crippen LogP contribution in [0.4, 0.5) is 13.2 Å². The van der Waals surface area contributed by atoms with Crippen molar-refractivity contribution in [3.63, 3.8) is 0 Å². The average Bonchev–Trinajstić information content (AvgIpc) is 2.31. The van der Waals surface area contributed by atoms with Crippen LogP contribution in [0.5, 0.6) is 5.75 Å². The molecular weight excluding hydrogens is 357 g/mol. The van der Waals surface area contributed by atoms with Crippen LogP contribution in [0.15, 0.2) is 40.9 Å². The van der Waals surface area contributed by atoms with Crippen molar-refractivity contribution in [2.45, 2.75) is 13.3 Å². The molecule has 2 aromatic rings. The van der Waals surface area contributed by atoms with Crippen LogP contribution in [0.3, 0.4) is 0 Å². The number of benzene rings is 2. The Morgan fingerprint density at radius 2 is 1.85 bits per heavy atom. The molecule has 1 nitrogen and oxygen atoms in total. The summed E-state index contributed by atoms with van der Waals surface area (Å²) in [6.45, 7) is 1.88. The fourth-order valence-corrected chi connectivity index (χ4v) is 2.65. The van der Waals surface area contributed by atoms with Gasteiger partial charge in [-0.2, -0.15) is 0 Å². The molecule has 6 heteroatoms. The summed E-state index contributed by atoms with van der Waals surface area (Å²) in [5, 5.41) is 0.543. The zero-order valence-electron chi connectivity index (χ0n) is 10.3. The Balaban J connectivity index is 2.44. The van der Waals surface area contributed by atoms with E-state index in [4.69, 9.17) is 11.6 Å². The second-order valence-electron chi connectivity index (χ2n) is 4.12. The van der Waals surface area contributed by atoms with Crippen LogP contribution in [0.1, 0.15) is 5.56 Å². The molecule has 0 amide bonds. The standard InChI is InChI=1S/C14H9BrClF3O/c1-8-3-2-4-11(16)13(8)9-5-6-12(10(15)7-9)20-14(17,18)19/h2-7H,1H3. The van der Waals surface area contributed by atoms with Gasteiger partial charge < -0.3 is 4.74 Å². The molecule has 20 heavy (non-hydrogen) atoms. The van der Waals surface area contributed by atoms with Crippen molar-refractivity contribution in [1.29, 1.82) is 0 Å². The molecule has 0 aliphatic carbocycles. The first kappa shape index (κ1) is 15.2. The maximum Gasteiger partial charge on any atom is 0.573 e. The van der Waals surface area contributed by atoms with E-state index in [0.717, 1.165) is 16.7 Å². The van der Waals surface area contributed by atoms with Gasteiger partial charge in [-0.1, -0.05) is 29.8 Å². The minimum Gasteiger partial charge on any atom is -0.405 e. The van der Waals surface area contributed by atoms with Gasteiger partial charge >= 0.3 is 6.36 Å². The summed E-state index contributed by atoms with van der Waals surface area (Å²) in [5.41, 5.74) is 2.44. The van der Waals surface area contributed by atoms with Gasteiger partial charge in [0.25, 0.3) is 0 Å². The number of ether oxygens (including phenoxy) is 1. The van der Waals surface area contributed by atoms with E-state index in [9.17, 15) is 13.2 Å². The number of aryl methyl sites for hydroxylation is 1. The lowest BCUT2D eigenvalue weighted by Crippen LogP contribution is -2.17. The Morgan fingerprint density at radius 1 is 1.15 bits per heavy atom. The Morgan fingerprint density at radius 3 is 2.40 bits per heavy atom.